The monoisotopic (exact) mass is 713 g/mol. The van der Waals surface area contributed by atoms with Crippen LogP contribution in [0.2, 0.25) is 0 Å². The van der Waals surface area contributed by atoms with Crippen LogP contribution in [0.25, 0.3) is 22.5 Å². The number of anilines is 2. The van der Waals surface area contributed by atoms with Gasteiger partial charge in [0.25, 0.3) is 6.47 Å². The van der Waals surface area contributed by atoms with Crippen LogP contribution < -0.4 is 20.9 Å². The Hall–Kier alpha value is -5.86. The topological polar surface area (TPSA) is 210 Å². The molecule has 52 heavy (non-hydrogen) atoms. The summed E-state index contributed by atoms with van der Waals surface area (Å²) < 4.78 is 5.37. The molecule has 0 unspecified atom stereocenters. The number of hydrogen-bond donors (Lipinski definition) is 4. The maximum atomic E-state index is 14.4. The average molecular weight is 714 g/mol. The number of pyridine rings is 1. The van der Waals surface area contributed by atoms with Crippen molar-refractivity contribution in [2.24, 2.45) is 17.6 Å². The second-order valence-corrected chi connectivity index (χ2v) is 13.8. The maximum absolute atomic E-state index is 14.4. The van der Waals surface area contributed by atoms with Gasteiger partial charge in [0.15, 0.2) is 5.82 Å². The first-order valence-electron chi connectivity index (χ1n) is 17.0. The zero-order valence-corrected chi connectivity index (χ0v) is 30.2. The van der Waals surface area contributed by atoms with Crippen LogP contribution in [0.3, 0.4) is 0 Å². The summed E-state index contributed by atoms with van der Waals surface area (Å²) in [6.07, 6.45) is 4.38. The van der Waals surface area contributed by atoms with E-state index in [1.54, 1.807) is 29.2 Å². The lowest BCUT2D eigenvalue weighted by Gasteiger charge is -2.36. The fraction of sp³-hybridized carbons (Fsp3) is 0.405. The Morgan fingerprint density at radius 3 is 2.12 bits per heavy atom. The Morgan fingerprint density at radius 2 is 1.60 bits per heavy atom. The van der Waals surface area contributed by atoms with Crippen molar-refractivity contribution in [1.29, 1.82) is 0 Å². The summed E-state index contributed by atoms with van der Waals surface area (Å²) in [5.74, 6) is 0.517. The van der Waals surface area contributed by atoms with E-state index in [0.717, 1.165) is 40.9 Å². The highest BCUT2D eigenvalue weighted by molar-refractivity contribution is 6.01. The number of aromatic nitrogens is 5. The third-order valence-corrected chi connectivity index (χ3v) is 8.69. The SMILES string of the molecule is CN(C)c1ccc(-c2ccc(C[C@@H](C(N)=O)N(c3ccc(-c4nnn[nH]4)cc3)C(=O)[C@H]3CC[C@H](CNC(=O)OC(C)(C)C)CC3)cc2)cn1.O=CO. The largest absolute Gasteiger partial charge is 0.483 e. The Morgan fingerprint density at radius 1 is 0.981 bits per heavy atom. The van der Waals surface area contributed by atoms with Gasteiger partial charge in [-0.1, -0.05) is 24.3 Å². The molecule has 0 bridgehead atoms. The molecule has 276 valence electrons. The van der Waals surface area contributed by atoms with E-state index in [9.17, 15) is 14.4 Å². The van der Waals surface area contributed by atoms with Gasteiger partial charge in [-0.15, -0.1) is 5.10 Å². The molecule has 1 aliphatic rings. The molecule has 5 rings (SSSR count). The van der Waals surface area contributed by atoms with Gasteiger partial charge in [-0.3, -0.25) is 19.3 Å². The molecule has 3 amide bonds. The number of benzene rings is 2. The quantitative estimate of drug-likeness (QED) is 0.160. The summed E-state index contributed by atoms with van der Waals surface area (Å²) in [7, 11) is 3.89. The van der Waals surface area contributed by atoms with E-state index >= 15 is 0 Å². The molecule has 2 aromatic carbocycles. The molecular formula is C37H47N9O6. The van der Waals surface area contributed by atoms with E-state index in [2.05, 4.69) is 30.9 Å². The number of carbonyl (C=O) groups excluding carboxylic acids is 3. The third-order valence-electron chi connectivity index (χ3n) is 8.69. The second kappa shape index (κ2) is 17.9. The molecule has 0 saturated heterocycles. The lowest BCUT2D eigenvalue weighted by molar-refractivity contribution is -0.127. The van der Waals surface area contributed by atoms with Crippen molar-refractivity contribution in [3.63, 3.8) is 0 Å². The molecule has 2 aromatic heterocycles. The smallest absolute Gasteiger partial charge is 0.407 e. The summed E-state index contributed by atoms with van der Waals surface area (Å²) in [5.41, 5.74) is 9.60. The molecule has 5 N–H and O–H groups in total. The highest BCUT2D eigenvalue weighted by Crippen LogP contribution is 2.33. The molecule has 1 aliphatic carbocycles. The number of H-pyrrole nitrogens is 1. The fourth-order valence-electron chi connectivity index (χ4n) is 6.07. The van der Waals surface area contributed by atoms with E-state index in [1.165, 1.54) is 0 Å². The number of aromatic amines is 1. The number of rotatable bonds is 11. The van der Waals surface area contributed by atoms with Crippen molar-refractivity contribution in [1.82, 2.24) is 30.9 Å². The van der Waals surface area contributed by atoms with Gasteiger partial charge in [-0.25, -0.2) is 14.9 Å². The molecule has 0 spiro atoms. The Labute approximate surface area is 302 Å². The second-order valence-electron chi connectivity index (χ2n) is 13.8. The van der Waals surface area contributed by atoms with Gasteiger partial charge in [0, 0.05) is 56.0 Å². The molecule has 0 radical (unpaired) electrons. The minimum atomic E-state index is -0.927. The zero-order chi connectivity index (χ0) is 37.8. The standard InChI is InChI=1S/C36H45N9O4.CH2O2/c1-36(2,3)49-35(48)39-21-24-8-12-27(13-9-24)34(47)45(29-17-14-26(15-18-29)33-40-42-43-41-33)30(32(37)46)20-23-6-10-25(11-7-23)28-16-19-31(38-22-28)44(4)5;2-1-3/h6-7,10-11,14-19,22,24,27,30H,8-9,12-13,20-21H2,1-5H3,(H2,37,46)(H,39,48)(H,40,41,42,43);1H,(H,2,3)/t24-,27-,30-;/m0./s1. The van der Waals surface area contributed by atoms with Crippen molar-refractivity contribution in [2.45, 2.75) is 64.5 Å². The van der Waals surface area contributed by atoms with Crippen LogP contribution in [-0.4, -0.2) is 87.4 Å². The highest BCUT2D eigenvalue weighted by Gasteiger charge is 2.36. The number of tetrazole rings is 1. The lowest BCUT2D eigenvalue weighted by Crippen LogP contribution is -2.52. The van der Waals surface area contributed by atoms with Crippen LogP contribution in [-0.2, 0) is 25.5 Å². The van der Waals surface area contributed by atoms with Gasteiger partial charge in [0.2, 0.25) is 11.8 Å². The normalized spacial score (nSPS) is 16.0. The number of alkyl carbamates (subject to hydrolysis) is 1. The highest BCUT2D eigenvalue weighted by atomic mass is 16.6. The fourth-order valence-corrected chi connectivity index (χ4v) is 6.07. The van der Waals surface area contributed by atoms with Crippen LogP contribution in [0.15, 0.2) is 66.9 Å². The van der Waals surface area contributed by atoms with Crippen molar-refractivity contribution < 1.29 is 29.0 Å². The number of carboxylic acid groups (broad SMARTS) is 1. The van der Waals surface area contributed by atoms with Crippen LogP contribution >= 0.6 is 0 Å². The number of nitrogens with two attached hydrogens (primary N) is 1. The van der Waals surface area contributed by atoms with Crippen molar-refractivity contribution in [2.75, 3.05) is 30.4 Å². The number of nitrogens with one attached hydrogen (secondary N) is 2. The van der Waals surface area contributed by atoms with Gasteiger partial charge in [-0.05, 0) is 110 Å². The van der Waals surface area contributed by atoms with Gasteiger partial charge < -0.3 is 25.8 Å². The molecule has 1 saturated carbocycles. The molecule has 15 heteroatoms. The molecule has 0 aliphatic heterocycles. The number of hydrogen-bond acceptors (Lipinski definition) is 10. The number of nitrogens with zero attached hydrogens (tertiary/aromatic N) is 6. The van der Waals surface area contributed by atoms with Crippen molar-refractivity contribution in [3.8, 4) is 22.5 Å². The Bertz CT molecular complexity index is 1750. The number of amides is 3. The minimum Gasteiger partial charge on any atom is -0.483 e. The van der Waals surface area contributed by atoms with Gasteiger partial charge in [-0.2, -0.15) is 0 Å². The number of primary amides is 1. The van der Waals surface area contributed by atoms with Gasteiger partial charge >= 0.3 is 6.09 Å². The summed E-state index contributed by atoms with van der Waals surface area (Å²) in [4.78, 5) is 56.1. The minimum absolute atomic E-state index is 0.153. The first kappa shape index (κ1) is 38.9. The first-order valence-corrected chi connectivity index (χ1v) is 17.0. The molecular weight excluding hydrogens is 666 g/mol. The average Bonchev–Trinajstić information content (AvgIpc) is 3.66. The van der Waals surface area contributed by atoms with Gasteiger partial charge in [0.1, 0.15) is 17.5 Å². The van der Waals surface area contributed by atoms with E-state index in [0.29, 0.717) is 30.9 Å². The van der Waals surface area contributed by atoms with Crippen LogP contribution in [0.1, 0.15) is 52.0 Å². The van der Waals surface area contributed by atoms with Crippen molar-refractivity contribution in [3.05, 3.63) is 72.4 Å². The first-order chi connectivity index (χ1) is 24.8. The summed E-state index contributed by atoms with van der Waals surface area (Å²) >= 11 is 0. The summed E-state index contributed by atoms with van der Waals surface area (Å²) in [6, 6.07) is 18.1. The lowest BCUT2D eigenvalue weighted by atomic mass is 9.81. The molecule has 1 fully saturated rings. The predicted molar refractivity (Wildman–Crippen MR) is 196 cm³/mol. The summed E-state index contributed by atoms with van der Waals surface area (Å²) in [5, 5.41) is 23.7. The third kappa shape index (κ3) is 10.8. The number of ether oxygens (including phenoxy) is 1. The Kier molecular flexibility index (Phi) is 13.4. The molecule has 4 aromatic rings. The van der Waals surface area contributed by atoms with Crippen molar-refractivity contribution >= 4 is 35.9 Å². The van der Waals surface area contributed by atoms with E-state index in [4.69, 9.17) is 20.4 Å². The summed E-state index contributed by atoms with van der Waals surface area (Å²) in [6.45, 7) is 5.70. The van der Waals surface area contributed by atoms with E-state index in [1.807, 2.05) is 82.4 Å². The maximum Gasteiger partial charge on any atom is 0.407 e. The van der Waals surface area contributed by atoms with E-state index in [-0.39, 0.29) is 30.6 Å². The molecule has 1 atom stereocenters. The van der Waals surface area contributed by atoms with Gasteiger partial charge in [0.05, 0.1) is 0 Å². The molecule has 2 heterocycles. The van der Waals surface area contributed by atoms with Crippen LogP contribution in [0.4, 0.5) is 16.3 Å². The zero-order valence-electron chi connectivity index (χ0n) is 30.2. The number of carbonyl (C=O) groups is 4. The van der Waals surface area contributed by atoms with Crippen LogP contribution in [0.5, 0.6) is 0 Å². The predicted octanol–water partition coefficient (Wildman–Crippen LogP) is 4.46. The van der Waals surface area contributed by atoms with Crippen LogP contribution in [0, 0.1) is 11.8 Å². The Balaban J connectivity index is 0.00000195. The van der Waals surface area contributed by atoms with E-state index < -0.39 is 23.6 Å². The molecule has 15 nitrogen and oxygen atoms in total.